The molecule has 3 nitrogen and oxygen atoms in total. The van der Waals surface area contributed by atoms with Crippen molar-refractivity contribution in [3.63, 3.8) is 0 Å². The summed E-state index contributed by atoms with van der Waals surface area (Å²) in [6.07, 6.45) is 5.82. The molecular weight excluding hydrogens is 368 g/mol. The molecule has 2 N–H and O–H groups in total. The predicted molar refractivity (Wildman–Crippen MR) is 134 cm³/mol. The lowest BCUT2D eigenvalue weighted by atomic mass is 10.2. The van der Waals surface area contributed by atoms with Crippen LogP contribution in [0.5, 0.6) is 0 Å². The van der Waals surface area contributed by atoms with E-state index in [1.54, 1.807) is 0 Å². The molecule has 30 heavy (non-hydrogen) atoms. The largest absolute Gasteiger partial charge is 0.456 e. The van der Waals surface area contributed by atoms with Gasteiger partial charge in [-0.1, -0.05) is 49.1 Å². The highest BCUT2D eigenvalue weighted by atomic mass is 16.3. The Balaban J connectivity index is 0.000000309. The number of hydrogen-bond donors (Lipinski definition) is 1. The first-order valence-electron chi connectivity index (χ1n) is 10.0. The van der Waals surface area contributed by atoms with E-state index in [-0.39, 0.29) is 0 Å². The summed E-state index contributed by atoms with van der Waals surface area (Å²) in [5.41, 5.74) is 11.3. The van der Waals surface area contributed by atoms with E-state index < -0.39 is 0 Å². The molecule has 3 rings (SSSR count). The van der Waals surface area contributed by atoms with Crippen LogP contribution in [0.2, 0.25) is 0 Å². The van der Waals surface area contributed by atoms with Gasteiger partial charge in [0.2, 0.25) is 0 Å². The van der Waals surface area contributed by atoms with Crippen molar-refractivity contribution in [3.05, 3.63) is 96.4 Å². The van der Waals surface area contributed by atoms with Gasteiger partial charge >= 0.3 is 0 Å². The zero-order chi connectivity index (χ0) is 22.5. The first-order chi connectivity index (χ1) is 14.3. The van der Waals surface area contributed by atoms with Gasteiger partial charge in [0.1, 0.15) is 11.3 Å². The number of benzene rings is 2. The average molecular weight is 403 g/mol. The standard InChI is InChI=1S/C16H17NO.C7H9N.C4H8/c1-11(2)13(4)17-10-12(3)16-9-14-7-5-6-8-15(14)18-16;1-6-3-2-4-7(8)5-6;1-3-4-2/h5-10H,1H2,2-4H3;2-5H,8H2,1H3;3-4H,1-2H3/b12-10+,17-13?;;4-3-. The molecule has 0 bridgehead atoms. The number of furan rings is 1. The fourth-order valence-electron chi connectivity index (χ4n) is 2.21. The van der Waals surface area contributed by atoms with Crippen molar-refractivity contribution in [3.8, 4) is 0 Å². The van der Waals surface area contributed by atoms with Crippen molar-refractivity contribution in [2.45, 2.75) is 41.5 Å². The minimum atomic E-state index is 0.838. The normalized spacial score (nSPS) is 11.5. The second kappa shape index (κ2) is 13.0. The molecule has 0 saturated carbocycles. The van der Waals surface area contributed by atoms with Crippen LogP contribution in [0.25, 0.3) is 16.5 Å². The highest BCUT2D eigenvalue weighted by Crippen LogP contribution is 2.24. The Hall–Kier alpha value is -3.33. The number of hydrogen-bond acceptors (Lipinski definition) is 3. The molecule has 0 aliphatic carbocycles. The summed E-state index contributed by atoms with van der Waals surface area (Å²) in [5, 5.41) is 1.11. The summed E-state index contributed by atoms with van der Waals surface area (Å²) in [7, 11) is 0. The van der Waals surface area contributed by atoms with Crippen LogP contribution in [0.15, 0.2) is 94.5 Å². The first kappa shape index (κ1) is 24.7. The SMILES string of the molecule is C/C=C\C.C=C(C)C(C)=N/C=C(\C)c1cc2ccccc2o1.Cc1cccc(N)c1. The third kappa shape index (κ3) is 8.78. The number of rotatable bonds is 3. The average Bonchev–Trinajstić information content (AvgIpc) is 3.16. The van der Waals surface area contributed by atoms with Crippen LogP contribution < -0.4 is 5.73 Å². The van der Waals surface area contributed by atoms with E-state index in [9.17, 15) is 0 Å². The zero-order valence-electron chi connectivity index (χ0n) is 19.1. The quantitative estimate of drug-likeness (QED) is 0.274. The number of nitrogens with zero attached hydrogens (tertiary/aromatic N) is 1. The molecule has 0 radical (unpaired) electrons. The van der Waals surface area contributed by atoms with E-state index in [4.69, 9.17) is 10.2 Å². The number of fused-ring (bicyclic) bond motifs is 1. The third-order valence-corrected chi connectivity index (χ3v) is 4.26. The van der Waals surface area contributed by atoms with Crippen molar-refractivity contribution < 1.29 is 4.42 Å². The minimum absolute atomic E-state index is 0.838. The predicted octanol–water partition coefficient (Wildman–Crippen LogP) is 7.99. The molecule has 0 fully saturated rings. The molecule has 1 heterocycles. The summed E-state index contributed by atoms with van der Waals surface area (Å²) in [4.78, 5) is 4.37. The highest BCUT2D eigenvalue weighted by Gasteiger charge is 2.04. The lowest BCUT2D eigenvalue weighted by Crippen LogP contribution is -1.89. The molecule has 0 saturated heterocycles. The van der Waals surface area contributed by atoms with Crippen molar-refractivity contribution >= 4 is 27.9 Å². The Bertz CT molecular complexity index is 981. The summed E-state index contributed by atoms with van der Waals surface area (Å²) in [6.45, 7) is 15.8. The van der Waals surface area contributed by atoms with Gasteiger partial charge in [0.05, 0.1) is 0 Å². The van der Waals surface area contributed by atoms with E-state index in [2.05, 4.69) is 11.6 Å². The Morgan fingerprint density at radius 1 is 0.967 bits per heavy atom. The summed E-state index contributed by atoms with van der Waals surface area (Å²) in [6, 6.07) is 17.8. The fourth-order valence-corrected chi connectivity index (χ4v) is 2.21. The van der Waals surface area contributed by atoms with Gasteiger partial charge in [-0.3, -0.25) is 4.99 Å². The molecule has 0 unspecified atom stereocenters. The highest BCUT2D eigenvalue weighted by molar-refractivity contribution is 5.97. The number of nitrogen functional groups attached to an aromatic ring is 1. The van der Waals surface area contributed by atoms with Gasteiger partial charge in [0.25, 0.3) is 0 Å². The molecule has 3 heteroatoms. The van der Waals surface area contributed by atoms with Gasteiger partial charge in [-0.05, 0) is 76.9 Å². The van der Waals surface area contributed by atoms with E-state index >= 15 is 0 Å². The molecule has 158 valence electrons. The van der Waals surface area contributed by atoms with Gasteiger partial charge in [-0.2, -0.15) is 0 Å². The molecule has 0 aliphatic rings. The van der Waals surface area contributed by atoms with Crippen LogP contribution in [0, 0.1) is 6.92 Å². The van der Waals surface area contributed by atoms with Gasteiger partial charge < -0.3 is 10.2 Å². The van der Waals surface area contributed by atoms with Crippen LogP contribution in [-0.2, 0) is 0 Å². The Morgan fingerprint density at radius 3 is 2.13 bits per heavy atom. The van der Waals surface area contributed by atoms with Gasteiger partial charge in [-0.25, -0.2) is 0 Å². The molecule has 0 atom stereocenters. The molecule has 3 aromatic rings. The van der Waals surface area contributed by atoms with Crippen LogP contribution in [0.4, 0.5) is 5.69 Å². The molecule has 2 aromatic carbocycles. The molecule has 1 aromatic heterocycles. The van der Waals surface area contributed by atoms with E-state index in [1.807, 2.05) is 114 Å². The maximum atomic E-state index is 5.76. The maximum Gasteiger partial charge on any atom is 0.134 e. The van der Waals surface area contributed by atoms with Crippen molar-refractivity contribution in [2.24, 2.45) is 4.99 Å². The van der Waals surface area contributed by atoms with E-state index in [0.717, 1.165) is 39.3 Å². The van der Waals surface area contributed by atoms with Gasteiger partial charge in [-0.15, -0.1) is 0 Å². The first-order valence-corrected chi connectivity index (χ1v) is 10.0. The summed E-state index contributed by atoms with van der Waals surface area (Å²) < 4.78 is 5.76. The topological polar surface area (TPSA) is 51.5 Å². The fraction of sp³-hybridized carbons (Fsp3) is 0.222. The van der Waals surface area contributed by atoms with Crippen molar-refractivity contribution in [1.29, 1.82) is 0 Å². The van der Waals surface area contributed by atoms with Crippen molar-refractivity contribution in [1.82, 2.24) is 0 Å². The van der Waals surface area contributed by atoms with Gasteiger partial charge in [0, 0.05) is 28.6 Å². The summed E-state index contributed by atoms with van der Waals surface area (Å²) in [5.74, 6) is 0.856. The van der Waals surface area contributed by atoms with E-state index in [0.29, 0.717) is 0 Å². The van der Waals surface area contributed by atoms with Gasteiger partial charge in [0.15, 0.2) is 0 Å². The maximum absolute atomic E-state index is 5.76. The molecule has 0 spiro atoms. The van der Waals surface area contributed by atoms with Crippen LogP contribution in [0.1, 0.15) is 45.9 Å². The number of allylic oxidation sites excluding steroid dienone is 4. The number of aryl methyl sites for hydroxylation is 1. The molecule has 0 amide bonds. The number of aliphatic imine (C=N–C) groups is 1. The second-order valence-electron chi connectivity index (χ2n) is 7.04. The Morgan fingerprint density at radius 2 is 1.63 bits per heavy atom. The zero-order valence-corrected chi connectivity index (χ0v) is 19.1. The van der Waals surface area contributed by atoms with Crippen LogP contribution in [0.3, 0.4) is 0 Å². The van der Waals surface area contributed by atoms with Crippen LogP contribution >= 0.6 is 0 Å². The lowest BCUT2D eigenvalue weighted by molar-refractivity contribution is 0.599. The Kier molecular flexibility index (Phi) is 10.7. The van der Waals surface area contributed by atoms with Crippen molar-refractivity contribution in [2.75, 3.05) is 5.73 Å². The second-order valence-corrected chi connectivity index (χ2v) is 7.04. The summed E-state index contributed by atoms with van der Waals surface area (Å²) >= 11 is 0. The minimum Gasteiger partial charge on any atom is -0.456 e. The molecule has 0 aliphatic heterocycles. The smallest absolute Gasteiger partial charge is 0.134 e. The third-order valence-electron chi connectivity index (χ3n) is 4.26. The molecular formula is C27H34N2O. The monoisotopic (exact) mass is 402 g/mol. The number of anilines is 1. The lowest BCUT2D eigenvalue weighted by Gasteiger charge is -1.96. The van der Waals surface area contributed by atoms with Crippen LogP contribution in [-0.4, -0.2) is 5.71 Å². The number of para-hydroxylation sites is 1. The number of nitrogens with two attached hydrogens (primary N) is 1. The Labute approximate surface area is 181 Å². The van der Waals surface area contributed by atoms with E-state index in [1.165, 1.54) is 5.56 Å².